The van der Waals surface area contributed by atoms with Crippen LogP contribution in [0.4, 0.5) is 0 Å². The van der Waals surface area contributed by atoms with E-state index in [9.17, 15) is 0 Å². The van der Waals surface area contributed by atoms with Crippen LogP contribution in [0.15, 0.2) is 48.9 Å². The summed E-state index contributed by atoms with van der Waals surface area (Å²) in [5.74, 6) is 0. The van der Waals surface area contributed by atoms with Crippen LogP contribution in [0, 0.1) is 0 Å². The lowest BCUT2D eigenvalue weighted by molar-refractivity contribution is 1.06. The molecule has 0 aliphatic heterocycles. The second-order valence-electron chi connectivity index (χ2n) is 2.14. The maximum atomic E-state index is 3.62. The van der Waals surface area contributed by atoms with Crippen molar-refractivity contribution >= 4 is 0 Å². The van der Waals surface area contributed by atoms with Crippen molar-refractivity contribution in [1.82, 2.24) is 5.32 Å². The van der Waals surface area contributed by atoms with Crippen LogP contribution < -0.4 is 5.32 Å². The van der Waals surface area contributed by atoms with Gasteiger partial charge in [-0.2, -0.15) is 0 Å². The molecule has 0 atom stereocenters. The minimum Gasteiger partial charge on any atom is -0.362 e. The lowest BCUT2D eigenvalue weighted by atomic mass is 10.2. The maximum absolute atomic E-state index is 3.62. The first-order valence-corrected chi connectivity index (χ1v) is 3.59. The molecule has 1 nitrogen and oxygen atoms in total. The zero-order valence-corrected chi connectivity index (χ0v) is 7.22. The number of hydrogen-bond acceptors (Lipinski definition) is 1. The Morgan fingerprint density at radius 3 is 2.36 bits per heavy atom. The molecule has 0 saturated carbocycles. The Hall–Kier alpha value is -1.24. The van der Waals surface area contributed by atoms with Gasteiger partial charge in [0.15, 0.2) is 0 Å². The fraction of sp³-hybridized carbons (Fsp3) is 0.200. The highest BCUT2D eigenvalue weighted by atomic mass is 14.8. The van der Waals surface area contributed by atoms with Crippen LogP contribution in [0.5, 0.6) is 0 Å². The average Bonchev–Trinajstić information content (AvgIpc) is 2.00. The summed E-state index contributed by atoms with van der Waals surface area (Å²) in [5.41, 5.74) is 2.22. The highest BCUT2D eigenvalue weighted by molar-refractivity contribution is 5.30. The Morgan fingerprint density at radius 1 is 1.36 bits per heavy atom. The first kappa shape index (κ1) is 9.76. The Kier molecular flexibility index (Phi) is 4.91. The van der Waals surface area contributed by atoms with Crippen LogP contribution in [0.1, 0.15) is 13.8 Å². The van der Waals surface area contributed by atoms with Gasteiger partial charge in [-0.1, -0.05) is 31.4 Å². The van der Waals surface area contributed by atoms with Gasteiger partial charge >= 0.3 is 0 Å². The molecule has 1 N–H and O–H groups in total. The predicted octanol–water partition coefficient (Wildman–Crippen LogP) is 2.76. The number of hydrogen-bond donors (Lipinski definition) is 1. The number of rotatable bonds is 4. The van der Waals surface area contributed by atoms with Crippen LogP contribution >= 0.6 is 0 Å². The zero-order chi connectivity index (χ0) is 8.69. The Labute approximate surface area is 68.8 Å². The van der Waals surface area contributed by atoms with E-state index in [-0.39, 0.29) is 0 Å². The first-order valence-electron chi connectivity index (χ1n) is 3.59. The van der Waals surface area contributed by atoms with E-state index in [0.717, 1.165) is 11.3 Å². The van der Waals surface area contributed by atoms with Crippen LogP contribution in [0.2, 0.25) is 0 Å². The molecule has 0 saturated heterocycles. The fourth-order valence-corrected chi connectivity index (χ4v) is 0.801. The molecule has 11 heavy (non-hydrogen) atoms. The average molecular weight is 149 g/mol. The van der Waals surface area contributed by atoms with Gasteiger partial charge in [-0.25, -0.2) is 0 Å². The first-order chi connectivity index (χ1) is 5.26. The van der Waals surface area contributed by atoms with E-state index in [1.165, 1.54) is 0 Å². The highest BCUT2D eigenvalue weighted by Gasteiger charge is 1.92. The standard InChI is InChI=1S/C10H15N/c1-5-8-9(4)10(6-2)11-7-3/h5-8,11H,1,3H2,2,4H3/b9-8-,10-6+. The summed E-state index contributed by atoms with van der Waals surface area (Å²) in [5, 5.41) is 3.03. The van der Waals surface area contributed by atoms with E-state index >= 15 is 0 Å². The van der Waals surface area contributed by atoms with Crippen molar-refractivity contribution in [3.05, 3.63) is 48.9 Å². The van der Waals surface area contributed by atoms with Crippen molar-refractivity contribution in [1.29, 1.82) is 0 Å². The van der Waals surface area contributed by atoms with E-state index in [1.54, 1.807) is 12.3 Å². The molecule has 1 heteroatoms. The summed E-state index contributed by atoms with van der Waals surface area (Å²) in [4.78, 5) is 0. The van der Waals surface area contributed by atoms with E-state index < -0.39 is 0 Å². The third kappa shape index (κ3) is 3.46. The van der Waals surface area contributed by atoms with Gasteiger partial charge in [0.05, 0.1) is 0 Å². The number of nitrogens with one attached hydrogen (secondary N) is 1. The van der Waals surface area contributed by atoms with Crippen LogP contribution in [-0.2, 0) is 0 Å². The molecule has 0 aliphatic carbocycles. The fourth-order valence-electron chi connectivity index (χ4n) is 0.801. The highest BCUT2D eigenvalue weighted by Crippen LogP contribution is 2.04. The molecule has 0 unspecified atom stereocenters. The van der Waals surface area contributed by atoms with Crippen molar-refractivity contribution in [2.75, 3.05) is 0 Å². The normalized spacial score (nSPS) is 12.5. The van der Waals surface area contributed by atoms with Crippen molar-refractivity contribution in [3.8, 4) is 0 Å². The molecule has 0 spiro atoms. The largest absolute Gasteiger partial charge is 0.362 e. The summed E-state index contributed by atoms with van der Waals surface area (Å²) in [6, 6.07) is 0. The van der Waals surface area contributed by atoms with Gasteiger partial charge < -0.3 is 5.32 Å². The van der Waals surface area contributed by atoms with Gasteiger partial charge in [0.2, 0.25) is 0 Å². The predicted molar refractivity (Wildman–Crippen MR) is 51.0 cm³/mol. The van der Waals surface area contributed by atoms with Crippen LogP contribution in [0.25, 0.3) is 0 Å². The molecule has 0 amide bonds. The smallest absolute Gasteiger partial charge is 0.0365 e. The molecule has 0 aromatic rings. The minimum absolute atomic E-state index is 1.07. The SMILES string of the molecule is C=C/C=C(C)\C(=C/C)NC=C. The summed E-state index contributed by atoms with van der Waals surface area (Å²) < 4.78 is 0. The Bertz CT molecular complexity index is 197. The van der Waals surface area contributed by atoms with Crippen molar-refractivity contribution < 1.29 is 0 Å². The van der Waals surface area contributed by atoms with Gasteiger partial charge in [0, 0.05) is 5.70 Å². The molecule has 0 fully saturated rings. The van der Waals surface area contributed by atoms with Crippen LogP contribution in [0.3, 0.4) is 0 Å². The van der Waals surface area contributed by atoms with E-state index in [2.05, 4.69) is 18.5 Å². The summed E-state index contributed by atoms with van der Waals surface area (Å²) in [7, 11) is 0. The summed E-state index contributed by atoms with van der Waals surface area (Å²) in [6.07, 6.45) is 7.38. The Balaban J connectivity index is 4.38. The second-order valence-corrected chi connectivity index (χ2v) is 2.14. The molecule has 60 valence electrons. The lowest BCUT2D eigenvalue weighted by Crippen LogP contribution is -2.04. The summed E-state index contributed by atoms with van der Waals surface area (Å²) in [6.45, 7) is 11.2. The van der Waals surface area contributed by atoms with E-state index in [1.807, 2.05) is 26.0 Å². The van der Waals surface area contributed by atoms with Crippen molar-refractivity contribution in [2.45, 2.75) is 13.8 Å². The zero-order valence-electron chi connectivity index (χ0n) is 7.22. The topological polar surface area (TPSA) is 12.0 Å². The lowest BCUT2D eigenvalue weighted by Gasteiger charge is -2.05. The van der Waals surface area contributed by atoms with Gasteiger partial charge in [-0.05, 0) is 25.6 Å². The van der Waals surface area contributed by atoms with Gasteiger partial charge in [-0.15, -0.1) is 0 Å². The second kappa shape index (κ2) is 5.54. The molecule has 0 rings (SSSR count). The Morgan fingerprint density at radius 2 is 2.00 bits per heavy atom. The molecule has 0 aliphatic rings. The van der Waals surface area contributed by atoms with E-state index in [0.29, 0.717) is 0 Å². The molecular weight excluding hydrogens is 134 g/mol. The monoisotopic (exact) mass is 149 g/mol. The maximum Gasteiger partial charge on any atom is 0.0365 e. The minimum atomic E-state index is 1.07. The molecule has 0 heterocycles. The van der Waals surface area contributed by atoms with Crippen molar-refractivity contribution in [2.24, 2.45) is 0 Å². The molecule has 0 radical (unpaired) electrons. The third-order valence-electron chi connectivity index (χ3n) is 1.34. The molecular formula is C10H15N. The molecule has 0 aromatic carbocycles. The number of allylic oxidation sites excluding steroid dienone is 4. The molecule has 0 aromatic heterocycles. The summed E-state index contributed by atoms with van der Waals surface area (Å²) >= 11 is 0. The third-order valence-corrected chi connectivity index (χ3v) is 1.34. The van der Waals surface area contributed by atoms with E-state index in [4.69, 9.17) is 0 Å². The molecule has 0 bridgehead atoms. The van der Waals surface area contributed by atoms with Gasteiger partial charge in [-0.3, -0.25) is 0 Å². The van der Waals surface area contributed by atoms with Crippen molar-refractivity contribution in [3.63, 3.8) is 0 Å². The quantitative estimate of drug-likeness (QED) is 0.606. The van der Waals surface area contributed by atoms with Crippen LogP contribution in [-0.4, -0.2) is 0 Å². The van der Waals surface area contributed by atoms with Gasteiger partial charge in [0.25, 0.3) is 0 Å². The van der Waals surface area contributed by atoms with Gasteiger partial charge in [0.1, 0.15) is 0 Å².